The number of nitrogens with zero attached hydrogens (tertiary/aromatic N) is 1. The van der Waals surface area contributed by atoms with Crippen molar-refractivity contribution in [3.8, 4) is 17.0 Å². The van der Waals surface area contributed by atoms with Gasteiger partial charge in [-0.15, -0.1) is 13.2 Å². The first-order chi connectivity index (χ1) is 10.5. The van der Waals surface area contributed by atoms with Gasteiger partial charge < -0.3 is 10.1 Å². The fourth-order valence-corrected chi connectivity index (χ4v) is 2.10. The molecule has 1 aromatic heterocycles. The van der Waals surface area contributed by atoms with E-state index in [9.17, 15) is 13.2 Å². The van der Waals surface area contributed by atoms with Crippen LogP contribution in [0.2, 0.25) is 0 Å². The summed E-state index contributed by atoms with van der Waals surface area (Å²) in [6, 6.07) is 10.2. The lowest BCUT2D eigenvalue weighted by Gasteiger charge is -2.10. The van der Waals surface area contributed by atoms with Crippen LogP contribution in [0.3, 0.4) is 0 Å². The van der Waals surface area contributed by atoms with E-state index in [0.29, 0.717) is 17.3 Å². The summed E-state index contributed by atoms with van der Waals surface area (Å²) in [7, 11) is 0. The molecule has 1 saturated carbocycles. The summed E-state index contributed by atoms with van der Waals surface area (Å²) >= 11 is 0. The molecule has 0 radical (unpaired) electrons. The van der Waals surface area contributed by atoms with Crippen molar-refractivity contribution in [2.75, 3.05) is 0 Å². The van der Waals surface area contributed by atoms with Crippen molar-refractivity contribution in [1.82, 2.24) is 10.3 Å². The van der Waals surface area contributed by atoms with Crippen molar-refractivity contribution >= 4 is 0 Å². The molecular weight excluding hydrogens is 293 g/mol. The van der Waals surface area contributed by atoms with Gasteiger partial charge in [0.2, 0.25) is 0 Å². The molecule has 2 aromatic rings. The molecule has 116 valence electrons. The minimum atomic E-state index is -4.69. The summed E-state index contributed by atoms with van der Waals surface area (Å²) in [4.78, 5) is 4.31. The normalized spacial score (nSPS) is 14.9. The van der Waals surface area contributed by atoms with E-state index in [-0.39, 0.29) is 5.75 Å². The van der Waals surface area contributed by atoms with Crippen molar-refractivity contribution in [2.24, 2.45) is 0 Å². The lowest BCUT2D eigenvalue weighted by Crippen LogP contribution is -2.17. The van der Waals surface area contributed by atoms with E-state index in [1.54, 1.807) is 18.3 Å². The second-order valence-electron chi connectivity index (χ2n) is 5.28. The molecule has 0 spiro atoms. The van der Waals surface area contributed by atoms with Crippen molar-refractivity contribution in [2.45, 2.75) is 31.8 Å². The quantitative estimate of drug-likeness (QED) is 0.909. The number of alkyl halides is 3. The summed E-state index contributed by atoms with van der Waals surface area (Å²) in [5.41, 5.74) is 2.25. The Balaban J connectivity index is 1.71. The van der Waals surface area contributed by atoms with E-state index in [1.807, 2.05) is 6.07 Å². The summed E-state index contributed by atoms with van der Waals surface area (Å²) in [5.74, 6) is -0.244. The zero-order chi connectivity index (χ0) is 15.6. The monoisotopic (exact) mass is 308 g/mol. The number of hydrogen-bond acceptors (Lipinski definition) is 3. The van der Waals surface area contributed by atoms with E-state index in [0.717, 1.165) is 12.1 Å². The van der Waals surface area contributed by atoms with E-state index in [4.69, 9.17) is 0 Å². The van der Waals surface area contributed by atoms with Crippen molar-refractivity contribution in [1.29, 1.82) is 0 Å². The molecule has 3 rings (SSSR count). The molecule has 1 N–H and O–H groups in total. The second-order valence-corrected chi connectivity index (χ2v) is 5.28. The van der Waals surface area contributed by atoms with Gasteiger partial charge in [0.25, 0.3) is 0 Å². The Hall–Kier alpha value is -2.08. The molecule has 6 heteroatoms. The Morgan fingerprint density at radius 2 is 2.00 bits per heavy atom. The van der Waals surface area contributed by atoms with Crippen LogP contribution in [0.15, 0.2) is 42.6 Å². The van der Waals surface area contributed by atoms with Gasteiger partial charge in [-0.05, 0) is 36.6 Å². The minimum Gasteiger partial charge on any atom is -0.406 e. The molecule has 3 nitrogen and oxygen atoms in total. The lowest BCUT2D eigenvalue weighted by atomic mass is 10.1. The molecule has 1 aliphatic carbocycles. The van der Waals surface area contributed by atoms with Crippen LogP contribution in [-0.4, -0.2) is 17.4 Å². The van der Waals surface area contributed by atoms with Gasteiger partial charge in [-0.1, -0.05) is 18.2 Å². The Morgan fingerprint density at radius 3 is 2.64 bits per heavy atom. The predicted molar refractivity (Wildman–Crippen MR) is 76.2 cm³/mol. The molecule has 0 atom stereocenters. The van der Waals surface area contributed by atoms with Crippen LogP contribution in [0.4, 0.5) is 13.2 Å². The first-order valence-corrected chi connectivity index (χ1v) is 7.04. The van der Waals surface area contributed by atoms with E-state index < -0.39 is 6.36 Å². The van der Waals surface area contributed by atoms with Gasteiger partial charge in [0.05, 0.1) is 5.69 Å². The maximum Gasteiger partial charge on any atom is 0.573 e. The van der Waals surface area contributed by atoms with Gasteiger partial charge in [0.1, 0.15) is 5.75 Å². The van der Waals surface area contributed by atoms with Crippen LogP contribution in [0, 0.1) is 0 Å². The fraction of sp³-hybridized carbons (Fsp3) is 0.312. The van der Waals surface area contributed by atoms with Crippen molar-refractivity contribution < 1.29 is 17.9 Å². The summed E-state index contributed by atoms with van der Waals surface area (Å²) < 4.78 is 40.6. The summed E-state index contributed by atoms with van der Waals surface area (Å²) in [6.07, 6.45) is -0.512. The lowest BCUT2D eigenvalue weighted by molar-refractivity contribution is -0.274. The highest BCUT2D eigenvalue weighted by atomic mass is 19.4. The van der Waals surface area contributed by atoms with Crippen LogP contribution in [0.25, 0.3) is 11.3 Å². The average molecular weight is 308 g/mol. The molecule has 0 saturated heterocycles. The predicted octanol–water partition coefficient (Wildman–Crippen LogP) is 3.90. The third kappa shape index (κ3) is 4.21. The standard InChI is InChI=1S/C16H15F3N2O/c17-16(18,19)22-14-3-1-2-12(8-14)15-7-4-11(10-21-15)9-20-13-5-6-13/h1-4,7-8,10,13,20H,5-6,9H2. The number of nitrogens with one attached hydrogen (secondary N) is 1. The molecule has 0 bridgehead atoms. The molecule has 0 aliphatic heterocycles. The van der Waals surface area contributed by atoms with Crippen LogP contribution in [0.5, 0.6) is 5.75 Å². The third-order valence-electron chi connectivity index (χ3n) is 3.36. The smallest absolute Gasteiger partial charge is 0.406 e. The Labute approximate surface area is 126 Å². The fourth-order valence-electron chi connectivity index (χ4n) is 2.10. The van der Waals surface area contributed by atoms with Crippen LogP contribution in [-0.2, 0) is 6.54 Å². The van der Waals surface area contributed by atoms with E-state index >= 15 is 0 Å². The molecule has 1 fully saturated rings. The minimum absolute atomic E-state index is 0.244. The SMILES string of the molecule is FC(F)(F)Oc1cccc(-c2ccc(CNC3CC3)cn2)c1. The summed E-state index contributed by atoms with van der Waals surface area (Å²) in [5, 5.41) is 3.38. The zero-order valence-corrected chi connectivity index (χ0v) is 11.7. The maximum absolute atomic E-state index is 12.2. The Kier molecular flexibility index (Phi) is 4.02. The highest BCUT2D eigenvalue weighted by Crippen LogP contribution is 2.27. The zero-order valence-electron chi connectivity index (χ0n) is 11.7. The number of ether oxygens (including phenoxy) is 1. The number of hydrogen-bond donors (Lipinski definition) is 1. The molecule has 1 aliphatic rings. The number of rotatable bonds is 5. The molecule has 0 amide bonds. The third-order valence-corrected chi connectivity index (χ3v) is 3.36. The van der Waals surface area contributed by atoms with Gasteiger partial charge in [-0.2, -0.15) is 0 Å². The Morgan fingerprint density at radius 1 is 1.18 bits per heavy atom. The topological polar surface area (TPSA) is 34.1 Å². The van der Waals surface area contributed by atoms with Gasteiger partial charge >= 0.3 is 6.36 Å². The van der Waals surface area contributed by atoms with Crippen molar-refractivity contribution in [3.05, 3.63) is 48.2 Å². The number of benzene rings is 1. The summed E-state index contributed by atoms with van der Waals surface area (Å²) in [6.45, 7) is 0.759. The van der Waals surface area contributed by atoms with Gasteiger partial charge in [0, 0.05) is 24.3 Å². The highest BCUT2D eigenvalue weighted by molar-refractivity contribution is 5.61. The molecular formula is C16H15F3N2O. The number of aromatic nitrogens is 1. The first kappa shape index (κ1) is 14.8. The molecule has 1 heterocycles. The van der Waals surface area contributed by atoms with Gasteiger partial charge in [-0.3, -0.25) is 4.98 Å². The van der Waals surface area contributed by atoms with Crippen LogP contribution < -0.4 is 10.1 Å². The first-order valence-electron chi connectivity index (χ1n) is 7.04. The molecule has 1 aromatic carbocycles. The average Bonchev–Trinajstić information content (AvgIpc) is 3.28. The maximum atomic E-state index is 12.2. The van der Waals surface area contributed by atoms with Crippen LogP contribution in [0.1, 0.15) is 18.4 Å². The Bertz CT molecular complexity index is 637. The van der Waals surface area contributed by atoms with E-state index in [2.05, 4.69) is 15.0 Å². The van der Waals surface area contributed by atoms with Gasteiger partial charge in [-0.25, -0.2) is 0 Å². The highest BCUT2D eigenvalue weighted by Gasteiger charge is 2.31. The van der Waals surface area contributed by atoms with E-state index in [1.165, 1.54) is 31.0 Å². The largest absolute Gasteiger partial charge is 0.573 e. The second kappa shape index (κ2) is 5.96. The van der Waals surface area contributed by atoms with Crippen molar-refractivity contribution in [3.63, 3.8) is 0 Å². The number of pyridine rings is 1. The van der Waals surface area contributed by atoms with Gasteiger partial charge in [0.15, 0.2) is 0 Å². The molecule has 0 unspecified atom stereocenters. The number of halogens is 3. The molecule has 22 heavy (non-hydrogen) atoms. The van der Waals surface area contributed by atoms with Crippen LogP contribution >= 0.6 is 0 Å².